The summed E-state index contributed by atoms with van der Waals surface area (Å²) >= 11 is 1.70. The molecule has 6 heteroatoms. The van der Waals surface area contributed by atoms with Crippen molar-refractivity contribution in [2.24, 2.45) is 4.99 Å². The number of nitrogens with zero attached hydrogens (tertiary/aromatic N) is 1. The van der Waals surface area contributed by atoms with Gasteiger partial charge in [0.1, 0.15) is 18.2 Å². The average molecular weight is 339 g/mol. The molecule has 4 nitrogen and oxygen atoms in total. The zero-order valence-electron chi connectivity index (χ0n) is 12.4. The van der Waals surface area contributed by atoms with Gasteiger partial charge in [-0.05, 0) is 40.1 Å². The van der Waals surface area contributed by atoms with Gasteiger partial charge in [-0.3, -0.25) is 4.99 Å². The fourth-order valence-corrected chi connectivity index (χ4v) is 2.93. The van der Waals surface area contributed by atoms with Gasteiger partial charge in [0.2, 0.25) is 0 Å². The number of aliphatic imine (C=N–C) groups is 1. The van der Waals surface area contributed by atoms with Crippen LogP contribution in [0.15, 0.2) is 40.0 Å². The van der Waals surface area contributed by atoms with Crippen LogP contribution in [0.25, 0.3) is 11.1 Å². The molecule has 0 atom stereocenters. The Morgan fingerprint density at radius 1 is 1.23 bits per heavy atom. The fourth-order valence-electron chi connectivity index (χ4n) is 2.26. The average Bonchev–Trinajstić information content (AvgIpc) is 3.21. The zero-order valence-corrected chi connectivity index (χ0v) is 14.0. The number of amidine groups is 1. The van der Waals surface area contributed by atoms with Crippen molar-refractivity contribution < 1.29 is 9.47 Å². The molecular formula is C16H19ClN2O2S. The molecule has 0 amide bonds. The highest BCUT2D eigenvalue weighted by Crippen LogP contribution is 2.28. The van der Waals surface area contributed by atoms with E-state index in [-0.39, 0.29) is 12.4 Å². The van der Waals surface area contributed by atoms with Crippen LogP contribution in [-0.4, -0.2) is 39.2 Å². The van der Waals surface area contributed by atoms with Crippen LogP contribution in [0.5, 0.6) is 5.75 Å². The number of ether oxygens (including phenoxy) is 2. The standard InChI is InChI=1S/C16H18N2O2S.ClH/c1-19-7-8-20-15-3-2-12(13-4-9-21-11-13)10-14(15)16-17-5-6-18-16;/h2-4,9-11H,5-8H2,1H3,(H,17,18);1H. The summed E-state index contributed by atoms with van der Waals surface area (Å²) in [5.41, 5.74) is 3.43. The predicted molar refractivity (Wildman–Crippen MR) is 93.8 cm³/mol. The summed E-state index contributed by atoms with van der Waals surface area (Å²) in [5, 5.41) is 7.55. The highest BCUT2D eigenvalue weighted by molar-refractivity contribution is 7.08. The Hall–Kier alpha value is -1.56. The third kappa shape index (κ3) is 3.80. The van der Waals surface area contributed by atoms with Gasteiger partial charge in [-0.25, -0.2) is 0 Å². The van der Waals surface area contributed by atoms with E-state index in [0.717, 1.165) is 30.2 Å². The molecule has 1 aromatic heterocycles. The Balaban J connectivity index is 0.00000176. The van der Waals surface area contributed by atoms with Crippen LogP contribution in [-0.2, 0) is 4.74 Å². The van der Waals surface area contributed by atoms with Gasteiger partial charge in [-0.1, -0.05) is 6.07 Å². The van der Waals surface area contributed by atoms with Crippen molar-refractivity contribution >= 4 is 29.6 Å². The lowest BCUT2D eigenvalue weighted by Crippen LogP contribution is -2.20. The monoisotopic (exact) mass is 338 g/mol. The summed E-state index contributed by atoms with van der Waals surface area (Å²) in [6.45, 7) is 2.81. The van der Waals surface area contributed by atoms with Crippen molar-refractivity contribution in [1.29, 1.82) is 0 Å². The van der Waals surface area contributed by atoms with E-state index in [0.29, 0.717) is 13.2 Å². The smallest absolute Gasteiger partial charge is 0.132 e. The third-order valence-corrected chi connectivity index (χ3v) is 3.99. The second-order valence-corrected chi connectivity index (χ2v) is 5.50. The van der Waals surface area contributed by atoms with E-state index in [9.17, 15) is 0 Å². The van der Waals surface area contributed by atoms with Crippen LogP contribution < -0.4 is 10.1 Å². The van der Waals surface area contributed by atoms with Gasteiger partial charge in [0.05, 0.1) is 18.7 Å². The number of hydrogen-bond acceptors (Lipinski definition) is 5. The van der Waals surface area contributed by atoms with Crippen molar-refractivity contribution in [3.8, 4) is 16.9 Å². The molecule has 1 aromatic carbocycles. The molecule has 0 bridgehead atoms. The van der Waals surface area contributed by atoms with Gasteiger partial charge in [0, 0.05) is 13.7 Å². The maximum absolute atomic E-state index is 5.82. The number of nitrogens with one attached hydrogen (secondary N) is 1. The van der Waals surface area contributed by atoms with Crippen molar-refractivity contribution in [1.82, 2.24) is 5.32 Å². The molecule has 1 N–H and O–H groups in total. The van der Waals surface area contributed by atoms with Crippen LogP contribution in [0.4, 0.5) is 0 Å². The largest absolute Gasteiger partial charge is 0.490 e. The Morgan fingerprint density at radius 2 is 2.14 bits per heavy atom. The molecule has 0 saturated heterocycles. The molecule has 118 valence electrons. The number of methoxy groups -OCH3 is 1. The van der Waals surface area contributed by atoms with E-state index in [4.69, 9.17) is 9.47 Å². The fraction of sp³-hybridized carbons (Fsp3) is 0.312. The molecule has 0 aliphatic carbocycles. The summed E-state index contributed by atoms with van der Waals surface area (Å²) in [6.07, 6.45) is 0. The summed E-state index contributed by atoms with van der Waals surface area (Å²) in [7, 11) is 1.67. The first-order valence-corrected chi connectivity index (χ1v) is 7.90. The number of halogens is 1. The first-order chi connectivity index (χ1) is 10.4. The molecule has 3 rings (SSSR count). The van der Waals surface area contributed by atoms with Crippen LogP contribution in [0.2, 0.25) is 0 Å². The second kappa shape index (κ2) is 8.17. The zero-order chi connectivity index (χ0) is 14.5. The SMILES string of the molecule is COCCOc1ccc(-c2ccsc2)cc1C1=NCCN1.Cl. The Bertz CT molecular complexity index is 629. The first-order valence-electron chi connectivity index (χ1n) is 6.95. The molecule has 0 saturated carbocycles. The second-order valence-electron chi connectivity index (χ2n) is 4.72. The van der Waals surface area contributed by atoms with Gasteiger partial charge in [-0.15, -0.1) is 12.4 Å². The molecule has 1 aliphatic rings. The number of benzene rings is 1. The highest BCUT2D eigenvalue weighted by Gasteiger charge is 2.15. The minimum atomic E-state index is 0. The lowest BCUT2D eigenvalue weighted by atomic mass is 10.0. The predicted octanol–water partition coefficient (Wildman–Crippen LogP) is 3.21. The molecule has 22 heavy (non-hydrogen) atoms. The number of rotatable bonds is 6. The maximum Gasteiger partial charge on any atom is 0.132 e. The van der Waals surface area contributed by atoms with Gasteiger partial charge in [-0.2, -0.15) is 11.3 Å². The minimum Gasteiger partial charge on any atom is -0.490 e. The normalized spacial score (nSPS) is 13.2. The van der Waals surface area contributed by atoms with Crippen LogP contribution in [0.1, 0.15) is 5.56 Å². The molecule has 0 spiro atoms. The summed E-state index contributed by atoms with van der Waals surface area (Å²) in [6, 6.07) is 8.37. The van der Waals surface area contributed by atoms with Crippen LogP contribution in [0.3, 0.4) is 0 Å². The summed E-state index contributed by atoms with van der Waals surface area (Å²) in [4.78, 5) is 4.51. The molecule has 0 radical (unpaired) electrons. The highest BCUT2D eigenvalue weighted by atomic mass is 35.5. The van der Waals surface area contributed by atoms with E-state index >= 15 is 0 Å². The van der Waals surface area contributed by atoms with E-state index < -0.39 is 0 Å². The van der Waals surface area contributed by atoms with Crippen LogP contribution in [0, 0.1) is 0 Å². The van der Waals surface area contributed by atoms with E-state index in [1.807, 2.05) is 6.07 Å². The van der Waals surface area contributed by atoms with Gasteiger partial charge in [0.15, 0.2) is 0 Å². The minimum absolute atomic E-state index is 0. The Labute approximate surface area is 140 Å². The van der Waals surface area contributed by atoms with Gasteiger partial charge in [0.25, 0.3) is 0 Å². The van der Waals surface area contributed by atoms with Crippen molar-refractivity contribution in [3.05, 3.63) is 40.6 Å². The van der Waals surface area contributed by atoms with Crippen molar-refractivity contribution in [3.63, 3.8) is 0 Å². The van der Waals surface area contributed by atoms with Gasteiger partial charge >= 0.3 is 0 Å². The first kappa shape index (κ1) is 16.8. The number of thiophene rings is 1. The quantitative estimate of drug-likeness (QED) is 0.822. The van der Waals surface area contributed by atoms with E-state index in [1.54, 1.807) is 18.4 Å². The molecule has 1 aliphatic heterocycles. The Kier molecular flexibility index (Phi) is 6.24. The Morgan fingerprint density at radius 3 is 2.82 bits per heavy atom. The topological polar surface area (TPSA) is 42.9 Å². The van der Waals surface area contributed by atoms with Gasteiger partial charge < -0.3 is 14.8 Å². The van der Waals surface area contributed by atoms with Crippen molar-refractivity contribution in [2.45, 2.75) is 0 Å². The third-order valence-electron chi connectivity index (χ3n) is 3.31. The van der Waals surface area contributed by atoms with E-state index in [2.05, 4.69) is 39.3 Å². The lowest BCUT2D eigenvalue weighted by molar-refractivity contribution is 0.146. The maximum atomic E-state index is 5.82. The molecule has 0 unspecified atom stereocenters. The number of hydrogen-bond donors (Lipinski definition) is 1. The lowest BCUT2D eigenvalue weighted by Gasteiger charge is -2.13. The molecule has 2 heterocycles. The van der Waals surface area contributed by atoms with Crippen molar-refractivity contribution in [2.75, 3.05) is 33.4 Å². The molecule has 0 fully saturated rings. The summed E-state index contributed by atoms with van der Waals surface area (Å²) in [5.74, 6) is 1.76. The van der Waals surface area contributed by atoms with Crippen LogP contribution >= 0.6 is 23.7 Å². The van der Waals surface area contributed by atoms with E-state index in [1.165, 1.54) is 11.1 Å². The molecule has 2 aromatic rings. The summed E-state index contributed by atoms with van der Waals surface area (Å²) < 4.78 is 10.9. The molecular weight excluding hydrogens is 320 g/mol.